The summed E-state index contributed by atoms with van der Waals surface area (Å²) in [6.45, 7) is 7.47. The van der Waals surface area contributed by atoms with Crippen molar-refractivity contribution in [3.05, 3.63) is 35.9 Å². The number of nitrogens with one attached hydrogen (secondary N) is 1. The standard InChI is InChI=1S/C22H33N3O2/c1-16(2)15-19(22(27)25-13-11-24(3)12-14-25)23-21(26)20(18-9-10-18)17-7-5-4-6-8-17/h4-8,16,18-20H,9-15H2,1-3H3,(H,23,26). The number of benzene rings is 1. The van der Waals surface area contributed by atoms with Gasteiger partial charge in [-0.15, -0.1) is 0 Å². The van der Waals surface area contributed by atoms with Crippen molar-refractivity contribution in [2.75, 3.05) is 33.2 Å². The Hall–Kier alpha value is -1.88. The monoisotopic (exact) mass is 371 g/mol. The molecule has 1 N–H and O–H groups in total. The fourth-order valence-electron chi connectivity index (χ4n) is 3.93. The lowest BCUT2D eigenvalue weighted by molar-refractivity contribution is -0.138. The molecule has 0 spiro atoms. The van der Waals surface area contributed by atoms with Crippen LogP contribution in [-0.2, 0) is 9.59 Å². The molecule has 0 radical (unpaired) electrons. The largest absolute Gasteiger partial charge is 0.344 e. The van der Waals surface area contributed by atoms with Crippen molar-refractivity contribution in [3.8, 4) is 0 Å². The molecular weight excluding hydrogens is 338 g/mol. The number of nitrogens with zero attached hydrogens (tertiary/aromatic N) is 2. The summed E-state index contributed by atoms with van der Waals surface area (Å²) >= 11 is 0. The number of hydrogen-bond acceptors (Lipinski definition) is 3. The SMILES string of the molecule is CC(C)CC(NC(=O)C(c1ccccc1)C1CC1)C(=O)N1CCN(C)CC1. The first-order valence-corrected chi connectivity index (χ1v) is 10.3. The van der Waals surface area contributed by atoms with Crippen LogP contribution in [0.3, 0.4) is 0 Å². The van der Waals surface area contributed by atoms with Gasteiger partial charge in [-0.3, -0.25) is 9.59 Å². The van der Waals surface area contributed by atoms with Crippen LogP contribution in [0.25, 0.3) is 0 Å². The van der Waals surface area contributed by atoms with Crippen molar-refractivity contribution in [1.29, 1.82) is 0 Å². The van der Waals surface area contributed by atoms with E-state index in [9.17, 15) is 9.59 Å². The van der Waals surface area contributed by atoms with Gasteiger partial charge in [0.15, 0.2) is 0 Å². The van der Waals surface area contributed by atoms with E-state index in [1.54, 1.807) is 0 Å². The summed E-state index contributed by atoms with van der Waals surface area (Å²) in [5.41, 5.74) is 1.06. The van der Waals surface area contributed by atoms with E-state index in [4.69, 9.17) is 0 Å². The van der Waals surface area contributed by atoms with Gasteiger partial charge in [0.2, 0.25) is 11.8 Å². The Morgan fingerprint density at radius 1 is 1.07 bits per heavy atom. The summed E-state index contributed by atoms with van der Waals surface area (Å²) in [4.78, 5) is 30.4. The van der Waals surface area contributed by atoms with Crippen molar-refractivity contribution >= 4 is 11.8 Å². The molecule has 1 aliphatic carbocycles. The second-order valence-corrected chi connectivity index (χ2v) is 8.55. The molecule has 2 fully saturated rings. The maximum Gasteiger partial charge on any atom is 0.245 e. The molecule has 1 saturated carbocycles. The molecular formula is C22H33N3O2. The molecule has 1 aliphatic heterocycles. The van der Waals surface area contributed by atoms with Crippen molar-refractivity contribution in [1.82, 2.24) is 15.1 Å². The van der Waals surface area contributed by atoms with Crippen LogP contribution < -0.4 is 5.32 Å². The Balaban J connectivity index is 1.71. The van der Waals surface area contributed by atoms with E-state index in [1.807, 2.05) is 35.2 Å². The molecule has 27 heavy (non-hydrogen) atoms. The van der Waals surface area contributed by atoms with Crippen LogP contribution in [0.1, 0.15) is 44.6 Å². The molecule has 1 heterocycles. The number of amides is 2. The minimum Gasteiger partial charge on any atom is -0.344 e. The highest BCUT2D eigenvalue weighted by molar-refractivity contribution is 5.91. The minimum atomic E-state index is -0.425. The fraction of sp³-hybridized carbons (Fsp3) is 0.636. The zero-order valence-corrected chi connectivity index (χ0v) is 16.9. The summed E-state index contributed by atoms with van der Waals surface area (Å²) in [6.07, 6.45) is 2.87. The number of carbonyl (C=O) groups excluding carboxylic acids is 2. The predicted molar refractivity (Wildman–Crippen MR) is 107 cm³/mol. The van der Waals surface area contributed by atoms with Gasteiger partial charge >= 0.3 is 0 Å². The molecule has 2 amide bonds. The van der Waals surface area contributed by atoms with Crippen molar-refractivity contribution in [2.45, 2.75) is 45.1 Å². The molecule has 148 valence electrons. The third-order valence-corrected chi connectivity index (χ3v) is 5.67. The maximum atomic E-state index is 13.2. The fourth-order valence-corrected chi connectivity index (χ4v) is 3.93. The maximum absolute atomic E-state index is 13.2. The van der Waals surface area contributed by atoms with E-state index >= 15 is 0 Å². The van der Waals surface area contributed by atoms with Crippen LogP contribution in [0.4, 0.5) is 0 Å². The summed E-state index contributed by atoms with van der Waals surface area (Å²) in [5.74, 6) is 0.708. The summed E-state index contributed by atoms with van der Waals surface area (Å²) < 4.78 is 0. The Labute approximate surface area is 163 Å². The van der Waals surface area contributed by atoms with Crippen molar-refractivity contribution in [3.63, 3.8) is 0 Å². The topological polar surface area (TPSA) is 52.7 Å². The lowest BCUT2D eigenvalue weighted by atomic mass is 9.92. The van der Waals surface area contributed by atoms with E-state index in [2.05, 4.69) is 31.1 Å². The Bertz CT molecular complexity index is 634. The van der Waals surface area contributed by atoms with Gasteiger partial charge in [0.05, 0.1) is 5.92 Å². The zero-order chi connectivity index (χ0) is 19.4. The first-order valence-electron chi connectivity index (χ1n) is 10.3. The predicted octanol–water partition coefficient (Wildman–Crippen LogP) is 2.49. The van der Waals surface area contributed by atoms with Crippen molar-refractivity contribution in [2.24, 2.45) is 11.8 Å². The third kappa shape index (κ3) is 5.32. The molecule has 1 aromatic carbocycles. The smallest absolute Gasteiger partial charge is 0.245 e. The number of piperazine rings is 1. The van der Waals surface area contributed by atoms with Gasteiger partial charge in [0.25, 0.3) is 0 Å². The second-order valence-electron chi connectivity index (χ2n) is 8.55. The van der Waals surface area contributed by atoms with Crippen LogP contribution >= 0.6 is 0 Å². The van der Waals surface area contributed by atoms with Gasteiger partial charge in [0, 0.05) is 26.2 Å². The molecule has 5 nitrogen and oxygen atoms in total. The number of hydrogen-bond donors (Lipinski definition) is 1. The van der Waals surface area contributed by atoms with Crippen LogP contribution in [-0.4, -0.2) is 60.9 Å². The molecule has 2 aliphatic rings. The van der Waals surface area contributed by atoms with Gasteiger partial charge in [-0.2, -0.15) is 0 Å². The molecule has 2 unspecified atom stereocenters. The van der Waals surface area contributed by atoms with Gasteiger partial charge in [-0.05, 0) is 43.7 Å². The van der Waals surface area contributed by atoms with Gasteiger partial charge in [-0.25, -0.2) is 0 Å². The van der Waals surface area contributed by atoms with E-state index in [-0.39, 0.29) is 17.7 Å². The number of likely N-dealkylation sites (N-methyl/N-ethyl adjacent to an activating group) is 1. The molecule has 3 rings (SSSR count). The van der Waals surface area contributed by atoms with Crippen LogP contribution in [0.5, 0.6) is 0 Å². The molecule has 1 saturated heterocycles. The lowest BCUT2D eigenvalue weighted by Crippen LogP contribution is -2.55. The van der Waals surface area contributed by atoms with Gasteiger partial charge in [0.1, 0.15) is 6.04 Å². The summed E-state index contributed by atoms with van der Waals surface area (Å²) in [5, 5.41) is 3.13. The Kier molecular flexibility index (Phi) is 6.53. The zero-order valence-electron chi connectivity index (χ0n) is 16.9. The number of carbonyl (C=O) groups is 2. The lowest BCUT2D eigenvalue weighted by Gasteiger charge is -2.35. The first-order chi connectivity index (χ1) is 13.0. The second kappa shape index (κ2) is 8.87. The Morgan fingerprint density at radius 2 is 1.70 bits per heavy atom. The number of rotatable bonds is 7. The highest BCUT2D eigenvalue weighted by Gasteiger charge is 2.39. The molecule has 1 aromatic rings. The van der Waals surface area contributed by atoms with Crippen LogP contribution in [0.15, 0.2) is 30.3 Å². The minimum absolute atomic E-state index is 0.0110. The Morgan fingerprint density at radius 3 is 2.26 bits per heavy atom. The molecule has 0 bridgehead atoms. The first kappa shape index (κ1) is 19.9. The van der Waals surface area contributed by atoms with Crippen LogP contribution in [0, 0.1) is 11.8 Å². The highest BCUT2D eigenvalue weighted by atomic mass is 16.2. The normalized spacial score (nSPS) is 20.4. The third-order valence-electron chi connectivity index (χ3n) is 5.67. The molecule has 0 aromatic heterocycles. The molecule has 2 atom stereocenters. The highest BCUT2D eigenvalue weighted by Crippen LogP contribution is 2.42. The van der Waals surface area contributed by atoms with E-state index < -0.39 is 6.04 Å². The van der Waals surface area contributed by atoms with E-state index in [0.717, 1.165) is 44.6 Å². The van der Waals surface area contributed by atoms with Crippen molar-refractivity contribution < 1.29 is 9.59 Å². The molecule has 5 heteroatoms. The van der Waals surface area contributed by atoms with E-state index in [0.29, 0.717) is 18.3 Å². The summed E-state index contributed by atoms with van der Waals surface area (Å²) in [6, 6.07) is 9.58. The average Bonchev–Trinajstić information content (AvgIpc) is 3.47. The van der Waals surface area contributed by atoms with Gasteiger partial charge < -0.3 is 15.1 Å². The quantitative estimate of drug-likeness (QED) is 0.801. The van der Waals surface area contributed by atoms with E-state index in [1.165, 1.54) is 0 Å². The van der Waals surface area contributed by atoms with Gasteiger partial charge in [-0.1, -0.05) is 44.2 Å². The summed E-state index contributed by atoms with van der Waals surface area (Å²) in [7, 11) is 2.08. The van der Waals surface area contributed by atoms with Crippen LogP contribution in [0.2, 0.25) is 0 Å². The average molecular weight is 372 g/mol.